The van der Waals surface area contributed by atoms with Crippen LogP contribution >= 0.6 is 11.3 Å². The Morgan fingerprint density at radius 3 is 2.47 bits per heavy atom. The SMILES string of the molecule is C[C](C)Cc1ccc(-c2ccc(C)s2)cc1N. The summed E-state index contributed by atoms with van der Waals surface area (Å²) in [4.78, 5) is 2.62. The standard InChI is InChI=1S/C15H18NS/c1-10(2)8-12-5-6-13(9-14(12)16)15-7-4-11(3)17-15/h4-7,9H,8,16H2,1-3H3. The molecule has 17 heavy (non-hydrogen) atoms. The van der Waals surface area contributed by atoms with E-state index in [2.05, 4.69) is 51.1 Å². The van der Waals surface area contributed by atoms with Gasteiger partial charge in [0.25, 0.3) is 0 Å². The van der Waals surface area contributed by atoms with Crippen molar-refractivity contribution in [2.75, 3.05) is 5.73 Å². The number of hydrogen-bond acceptors (Lipinski definition) is 2. The smallest absolute Gasteiger partial charge is 0.0353 e. The van der Waals surface area contributed by atoms with Gasteiger partial charge >= 0.3 is 0 Å². The van der Waals surface area contributed by atoms with Crippen LogP contribution in [0.4, 0.5) is 5.69 Å². The van der Waals surface area contributed by atoms with Crippen LogP contribution in [-0.2, 0) is 6.42 Å². The van der Waals surface area contributed by atoms with Gasteiger partial charge in [-0.25, -0.2) is 0 Å². The zero-order valence-electron chi connectivity index (χ0n) is 10.6. The van der Waals surface area contributed by atoms with Crippen molar-refractivity contribution in [2.24, 2.45) is 0 Å². The molecule has 1 aromatic heterocycles. The number of rotatable bonds is 3. The van der Waals surface area contributed by atoms with Gasteiger partial charge in [0.15, 0.2) is 0 Å². The third-order valence-electron chi connectivity index (χ3n) is 2.71. The molecule has 1 nitrogen and oxygen atoms in total. The van der Waals surface area contributed by atoms with Gasteiger partial charge in [0.05, 0.1) is 0 Å². The first-order chi connectivity index (χ1) is 8.06. The number of aryl methyl sites for hydroxylation is 1. The fraction of sp³-hybridized carbons (Fsp3) is 0.267. The lowest BCUT2D eigenvalue weighted by atomic mass is 9.99. The Morgan fingerprint density at radius 1 is 1.18 bits per heavy atom. The number of thiophene rings is 1. The lowest BCUT2D eigenvalue weighted by Crippen LogP contribution is -1.98. The molecule has 0 amide bonds. The maximum atomic E-state index is 6.11. The summed E-state index contributed by atoms with van der Waals surface area (Å²) in [7, 11) is 0. The van der Waals surface area contributed by atoms with E-state index in [4.69, 9.17) is 5.73 Å². The molecule has 2 N–H and O–H groups in total. The Kier molecular flexibility index (Phi) is 3.53. The van der Waals surface area contributed by atoms with E-state index in [9.17, 15) is 0 Å². The van der Waals surface area contributed by atoms with E-state index in [1.54, 1.807) is 0 Å². The van der Waals surface area contributed by atoms with Crippen molar-refractivity contribution >= 4 is 17.0 Å². The van der Waals surface area contributed by atoms with Crippen molar-refractivity contribution in [3.63, 3.8) is 0 Å². The average molecular weight is 244 g/mol. The number of nitrogen functional groups attached to an aromatic ring is 1. The van der Waals surface area contributed by atoms with Crippen molar-refractivity contribution in [3.8, 4) is 10.4 Å². The molecule has 0 saturated heterocycles. The summed E-state index contributed by atoms with van der Waals surface area (Å²) < 4.78 is 0. The number of anilines is 1. The van der Waals surface area contributed by atoms with Gasteiger partial charge in [-0.2, -0.15) is 0 Å². The molecule has 1 heterocycles. The highest BCUT2D eigenvalue weighted by molar-refractivity contribution is 7.15. The Hall–Kier alpha value is -1.28. The van der Waals surface area contributed by atoms with E-state index in [1.807, 2.05) is 11.3 Å². The zero-order chi connectivity index (χ0) is 12.4. The van der Waals surface area contributed by atoms with Crippen LogP contribution in [0.1, 0.15) is 24.3 Å². The molecule has 0 spiro atoms. The molecular weight excluding hydrogens is 226 g/mol. The van der Waals surface area contributed by atoms with E-state index in [-0.39, 0.29) is 0 Å². The van der Waals surface area contributed by atoms with Gasteiger partial charge in [-0.1, -0.05) is 26.0 Å². The van der Waals surface area contributed by atoms with E-state index in [0.717, 1.165) is 12.1 Å². The summed E-state index contributed by atoms with van der Waals surface area (Å²) in [5.41, 5.74) is 9.45. The summed E-state index contributed by atoms with van der Waals surface area (Å²) in [6, 6.07) is 10.7. The van der Waals surface area contributed by atoms with E-state index in [0.29, 0.717) is 0 Å². The first-order valence-corrected chi connectivity index (χ1v) is 6.62. The lowest BCUT2D eigenvalue weighted by molar-refractivity contribution is 0.959. The molecule has 1 aromatic carbocycles. The topological polar surface area (TPSA) is 26.0 Å². The molecule has 2 aromatic rings. The monoisotopic (exact) mass is 244 g/mol. The molecule has 1 radical (unpaired) electrons. The number of nitrogens with two attached hydrogens (primary N) is 1. The van der Waals surface area contributed by atoms with E-state index < -0.39 is 0 Å². The molecule has 0 unspecified atom stereocenters. The average Bonchev–Trinajstić information content (AvgIpc) is 2.67. The third-order valence-corrected chi connectivity index (χ3v) is 3.76. The molecule has 2 heteroatoms. The van der Waals surface area contributed by atoms with Crippen LogP contribution in [0.3, 0.4) is 0 Å². The molecule has 0 aliphatic rings. The Bertz CT molecular complexity index is 511. The molecule has 0 aliphatic carbocycles. The van der Waals surface area contributed by atoms with Crippen molar-refractivity contribution < 1.29 is 0 Å². The van der Waals surface area contributed by atoms with Crippen LogP contribution in [0.5, 0.6) is 0 Å². The van der Waals surface area contributed by atoms with Crippen LogP contribution < -0.4 is 5.73 Å². The Morgan fingerprint density at radius 2 is 1.94 bits per heavy atom. The van der Waals surface area contributed by atoms with E-state index >= 15 is 0 Å². The van der Waals surface area contributed by atoms with Gasteiger partial charge in [0, 0.05) is 15.4 Å². The van der Waals surface area contributed by atoms with Crippen molar-refractivity contribution in [1.29, 1.82) is 0 Å². The van der Waals surface area contributed by atoms with Crippen molar-refractivity contribution in [2.45, 2.75) is 27.2 Å². The molecule has 0 aliphatic heterocycles. The van der Waals surface area contributed by atoms with Gasteiger partial charge in [-0.15, -0.1) is 11.3 Å². The summed E-state index contributed by atoms with van der Waals surface area (Å²) >= 11 is 1.81. The minimum atomic E-state index is 0.898. The van der Waals surface area contributed by atoms with Gasteiger partial charge in [0.1, 0.15) is 0 Å². The lowest BCUT2D eigenvalue weighted by Gasteiger charge is -2.09. The number of benzene rings is 1. The predicted molar refractivity (Wildman–Crippen MR) is 77.2 cm³/mol. The summed E-state index contributed by atoms with van der Waals surface area (Å²) in [6.45, 7) is 6.40. The second-order valence-electron chi connectivity index (χ2n) is 4.71. The van der Waals surface area contributed by atoms with Crippen molar-refractivity contribution in [1.82, 2.24) is 0 Å². The van der Waals surface area contributed by atoms with Crippen LogP contribution in [-0.4, -0.2) is 0 Å². The van der Waals surface area contributed by atoms with Gasteiger partial charge in [-0.05, 0) is 48.6 Å². The van der Waals surface area contributed by atoms with Crippen LogP contribution in [0.2, 0.25) is 0 Å². The minimum absolute atomic E-state index is 0.898. The fourth-order valence-corrected chi connectivity index (χ4v) is 2.74. The quantitative estimate of drug-likeness (QED) is 0.792. The molecule has 0 saturated carbocycles. The second-order valence-corrected chi connectivity index (χ2v) is 6.00. The first-order valence-electron chi connectivity index (χ1n) is 5.80. The summed E-state index contributed by atoms with van der Waals surface area (Å²) in [6.07, 6.45) is 0.968. The molecular formula is C15H18NS. The zero-order valence-corrected chi connectivity index (χ0v) is 11.4. The highest BCUT2D eigenvalue weighted by Gasteiger charge is 2.06. The summed E-state index contributed by atoms with van der Waals surface area (Å²) in [5.74, 6) is 1.39. The Labute approximate surface area is 107 Å². The maximum Gasteiger partial charge on any atom is 0.0353 e. The predicted octanol–water partition coefficient (Wildman–Crippen LogP) is 4.46. The molecule has 0 atom stereocenters. The largest absolute Gasteiger partial charge is 0.398 e. The van der Waals surface area contributed by atoms with E-state index in [1.165, 1.54) is 26.8 Å². The maximum absolute atomic E-state index is 6.11. The normalized spacial score (nSPS) is 11.1. The minimum Gasteiger partial charge on any atom is -0.398 e. The first kappa shape index (κ1) is 12.2. The Balaban J connectivity index is 2.30. The molecule has 2 rings (SSSR count). The van der Waals surface area contributed by atoms with Crippen LogP contribution in [0.15, 0.2) is 30.3 Å². The highest BCUT2D eigenvalue weighted by Crippen LogP contribution is 2.30. The second kappa shape index (κ2) is 4.92. The van der Waals surface area contributed by atoms with Gasteiger partial charge in [-0.3, -0.25) is 0 Å². The summed E-state index contributed by atoms with van der Waals surface area (Å²) in [5, 5.41) is 0. The molecule has 89 valence electrons. The molecule has 0 bridgehead atoms. The third kappa shape index (κ3) is 2.89. The van der Waals surface area contributed by atoms with Crippen molar-refractivity contribution in [3.05, 3.63) is 46.7 Å². The van der Waals surface area contributed by atoms with Gasteiger partial charge < -0.3 is 5.73 Å². The highest BCUT2D eigenvalue weighted by atomic mass is 32.1. The van der Waals surface area contributed by atoms with Crippen LogP contribution in [0, 0.1) is 12.8 Å². The number of hydrogen-bond donors (Lipinski definition) is 1. The van der Waals surface area contributed by atoms with Crippen LogP contribution in [0.25, 0.3) is 10.4 Å². The fourth-order valence-electron chi connectivity index (χ4n) is 1.88. The van der Waals surface area contributed by atoms with Gasteiger partial charge in [0.2, 0.25) is 0 Å². The molecule has 0 fully saturated rings.